The molecule has 0 spiro atoms. The summed E-state index contributed by atoms with van der Waals surface area (Å²) in [6.07, 6.45) is 5.62. The van der Waals surface area contributed by atoms with Crippen LogP contribution in [0.4, 0.5) is 9.18 Å². The highest BCUT2D eigenvalue weighted by molar-refractivity contribution is 6.31. The fraction of sp³-hybridized carbons (Fsp3) is 0.533. The number of urea groups is 1. The second kappa shape index (κ2) is 6.93. The van der Waals surface area contributed by atoms with Gasteiger partial charge >= 0.3 is 6.03 Å². The van der Waals surface area contributed by atoms with Crippen molar-refractivity contribution >= 4 is 17.6 Å². The minimum Gasteiger partial charge on any atom is -0.335 e. The number of carbonyl (C=O) groups excluding carboxylic acids is 1. The molecule has 3 nitrogen and oxygen atoms in total. The van der Waals surface area contributed by atoms with E-state index in [0.717, 1.165) is 25.7 Å². The molecule has 1 aromatic rings. The minimum absolute atomic E-state index is 0.170. The number of benzene rings is 1. The summed E-state index contributed by atoms with van der Waals surface area (Å²) in [5.41, 5.74) is 0.357. The van der Waals surface area contributed by atoms with Gasteiger partial charge in [-0.05, 0) is 25.0 Å². The Morgan fingerprint density at radius 2 is 2.10 bits per heavy atom. The van der Waals surface area contributed by atoms with E-state index in [4.69, 9.17) is 11.6 Å². The SMILES string of the molecule is CN(Cc1c(F)cccc1Cl)C(=O)NC1CCCCC1. The summed E-state index contributed by atoms with van der Waals surface area (Å²) in [5, 5.41) is 3.35. The van der Waals surface area contributed by atoms with Crippen LogP contribution in [0.2, 0.25) is 5.02 Å². The molecule has 0 atom stereocenters. The molecule has 0 aliphatic heterocycles. The molecule has 1 aliphatic rings. The summed E-state index contributed by atoms with van der Waals surface area (Å²) in [7, 11) is 1.65. The zero-order valence-corrected chi connectivity index (χ0v) is 12.4. The van der Waals surface area contributed by atoms with Crippen LogP contribution in [0.15, 0.2) is 18.2 Å². The first-order valence-corrected chi connectivity index (χ1v) is 7.40. The van der Waals surface area contributed by atoms with E-state index in [0.29, 0.717) is 10.6 Å². The Morgan fingerprint density at radius 3 is 2.75 bits per heavy atom. The average molecular weight is 299 g/mol. The predicted octanol–water partition coefficient (Wildman–Crippen LogP) is 3.95. The molecule has 1 N–H and O–H groups in total. The Hall–Kier alpha value is -1.29. The summed E-state index contributed by atoms with van der Waals surface area (Å²) < 4.78 is 13.7. The minimum atomic E-state index is -0.380. The van der Waals surface area contributed by atoms with Crippen LogP contribution in [-0.2, 0) is 6.54 Å². The van der Waals surface area contributed by atoms with Gasteiger partial charge in [-0.2, -0.15) is 0 Å². The third kappa shape index (κ3) is 3.85. The van der Waals surface area contributed by atoms with Gasteiger partial charge in [-0.3, -0.25) is 0 Å². The summed E-state index contributed by atoms with van der Waals surface area (Å²) in [5.74, 6) is -0.380. The van der Waals surface area contributed by atoms with Gasteiger partial charge in [0.25, 0.3) is 0 Å². The van der Waals surface area contributed by atoms with Crippen molar-refractivity contribution in [2.45, 2.75) is 44.7 Å². The number of carbonyl (C=O) groups is 1. The monoisotopic (exact) mass is 298 g/mol. The number of rotatable bonds is 3. The first kappa shape index (κ1) is 15.1. The van der Waals surface area contributed by atoms with Gasteiger partial charge in [0, 0.05) is 23.7 Å². The van der Waals surface area contributed by atoms with Crippen molar-refractivity contribution in [3.8, 4) is 0 Å². The van der Waals surface area contributed by atoms with Crippen LogP contribution in [0, 0.1) is 5.82 Å². The lowest BCUT2D eigenvalue weighted by Gasteiger charge is -2.26. The van der Waals surface area contributed by atoms with E-state index < -0.39 is 0 Å². The summed E-state index contributed by atoms with van der Waals surface area (Å²) in [6.45, 7) is 0.171. The number of nitrogens with zero attached hydrogens (tertiary/aromatic N) is 1. The van der Waals surface area contributed by atoms with E-state index in [2.05, 4.69) is 5.32 Å². The van der Waals surface area contributed by atoms with Crippen molar-refractivity contribution in [3.05, 3.63) is 34.6 Å². The molecule has 2 rings (SSSR count). The van der Waals surface area contributed by atoms with E-state index in [1.165, 1.54) is 17.4 Å². The molecule has 0 aromatic heterocycles. The number of halogens is 2. The van der Waals surface area contributed by atoms with Crippen LogP contribution in [-0.4, -0.2) is 24.0 Å². The molecule has 1 saturated carbocycles. The molecule has 0 saturated heterocycles. The van der Waals surface area contributed by atoms with Gasteiger partial charge in [-0.25, -0.2) is 9.18 Å². The first-order valence-electron chi connectivity index (χ1n) is 7.02. The van der Waals surface area contributed by atoms with Crippen LogP contribution in [0.3, 0.4) is 0 Å². The van der Waals surface area contributed by atoms with Gasteiger partial charge in [0.15, 0.2) is 0 Å². The Kier molecular flexibility index (Phi) is 5.24. The van der Waals surface area contributed by atoms with E-state index >= 15 is 0 Å². The smallest absolute Gasteiger partial charge is 0.317 e. The lowest BCUT2D eigenvalue weighted by molar-refractivity contribution is 0.198. The molecule has 1 aromatic carbocycles. The van der Waals surface area contributed by atoms with Crippen molar-refractivity contribution in [3.63, 3.8) is 0 Å². The molecule has 1 aliphatic carbocycles. The van der Waals surface area contributed by atoms with Crippen molar-refractivity contribution in [1.29, 1.82) is 0 Å². The van der Waals surface area contributed by atoms with Crippen LogP contribution >= 0.6 is 11.6 Å². The molecule has 0 unspecified atom stereocenters. The molecule has 2 amide bonds. The van der Waals surface area contributed by atoms with Gasteiger partial charge < -0.3 is 10.2 Å². The maximum Gasteiger partial charge on any atom is 0.317 e. The molecule has 20 heavy (non-hydrogen) atoms. The summed E-state index contributed by atoms with van der Waals surface area (Å²) in [4.78, 5) is 13.6. The van der Waals surface area contributed by atoms with Crippen molar-refractivity contribution in [2.24, 2.45) is 0 Å². The highest BCUT2D eigenvalue weighted by Gasteiger charge is 2.19. The van der Waals surface area contributed by atoms with Crippen LogP contribution in [0.25, 0.3) is 0 Å². The molecule has 0 heterocycles. The van der Waals surface area contributed by atoms with Gasteiger partial charge in [0.05, 0.1) is 6.54 Å². The molecular formula is C15H20ClFN2O. The first-order chi connectivity index (χ1) is 9.58. The van der Waals surface area contributed by atoms with Crippen LogP contribution in [0.5, 0.6) is 0 Å². The standard InChI is InChI=1S/C15H20ClFN2O/c1-19(10-12-13(16)8-5-9-14(12)17)15(20)18-11-6-3-2-4-7-11/h5,8-9,11H,2-4,6-7,10H2,1H3,(H,18,20). The summed E-state index contributed by atoms with van der Waals surface area (Å²) in [6, 6.07) is 4.62. The van der Waals surface area contributed by atoms with E-state index in [9.17, 15) is 9.18 Å². The number of hydrogen-bond donors (Lipinski definition) is 1. The molecule has 1 fully saturated rings. The number of amides is 2. The Balaban J connectivity index is 1.93. The fourth-order valence-corrected chi connectivity index (χ4v) is 2.75. The molecule has 5 heteroatoms. The van der Waals surface area contributed by atoms with Gasteiger partial charge in [0.1, 0.15) is 5.82 Å². The third-order valence-corrected chi connectivity index (χ3v) is 4.09. The Bertz CT molecular complexity index is 455. The summed E-state index contributed by atoms with van der Waals surface area (Å²) >= 11 is 5.97. The van der Waals surface area contributed by atoms with Crippen molar-refractivity contribution < 1.29 is 9.18 Å². The number of nitrogens with one attached hydrogen (secondary N) is 1. The van der Waals surface area contributed by atoms with E-state index in [-0.39, 0.29) is 24.4 Å². The average Bonchev–Trinajstić information content (AvgIpc) is 2.44. The zero-order valence-electron chi connectivity index (χ0n) is 11.7. The number of hydrogen-bond acceptors (Lipinski definition) is 1. The highest BCUT2D eigenvalue weighted by atomic mass is 35.5. The quantitative estimate of drug-likeness (QED) is 0.900. The maximum atomic E-state index is 13.7. The van der Waals surface area contributed by atoms with Crippen LogP contribution < -0.4 is 5.32 Å². The lowest BCUT2D eigenvalue weighted by Crippen LogP contribution is -2.43. The molecular weight excluding hydrogens is 279 g/mol. The predicted molar refractivity (Wildman–Crippen MR) is 78.3 cm³/mol. The van der Waals surface area contributed by atoms with Crippen LogP contribution in [0.1, 0.15) is 37.7 Å². The molecule has 110 valence electrons. The maximum absolute atomic E-state index is 13.7. The third-order valence-electron chi connectivity index (χ3n) is 3.74. The molecule has 0 radical (unpaired) electrons. The van der Waals surface area contributed by atoms with E-state index in [1.807, 2.05) is 0 Å². The Labute approximate surface area is 124 Å². The topological polar surface area (TPSA) is 32.3 Å². The van der Waals surface area contributed by atoms with Gasteiger partial charge in [-0.1, -0.05) is 36.9 Å². The van der Waals surface area contributed by atoms with Gasteiger partial charge in [-0.15, -0.1) is 0 Å². The second-order valence-corrected chi connectivity index (χ2v) is 5.75. The second-order valence-electron chi connectivity index (χ2n) is 5.34. The zero-order chi connectivity index (χ0) is 14.5. The van der Waals surface area contributed by atoms with Crippen molar-refractivity contribution in [1.82, 2.24) is 10.2 Å². The fourth-order valence-electron chi connectivity index (χ4n) is 2.52. The normalized spacial score (nSPS) is 15.9. The lowest BCUT2D eigenvalue weighted by atomic mass is 9.96. The van der Waals surface area contributed by atoms with E-state index in [1.54, 1.807) is 19.2 Å². The largest absolute Gasteiger partial charge is 0.335 e. The van der Waals surface area contributed by atoms with Gasteiger partial charge in [0.2, 0.25) is 0 Å². The molecule has 0 bridgehead atoms. The Morgan fingerprint density at radius 1 is 1.40 bits per heavy atom. The highest BCUT2D eigenvalue weighted by Crippen LogP contribution is 2.21. The van der Waals surface area contributed by atoms with Crippen molar-refractivity contribution in [2.75, 3.05) is 7.05 Å².